The molecule has 7 heteroatoms. The predicted octanol–water partition coefficient (Wildman–Crippen LogP) is 2.77. The molecule has 1 aromatic carbocycles. The van der Waals surface area contributed by atoms with Crippen molar-refractivity contribution in [2.45, 2.75) is 13.3 Å². The number of rotatable bonds is 5. The van der Waals surface area contributed by atoms with E-state index in [1.165, 1.54) is 18.3 Å². The molecule has 2 rings (SSSR count). The lowest BCUT2D eigenvalue weighted by Crippen LogP contribution is -2.04. The predicted molar refractivity (Wildman–Crippen MR) is 74.9 cm³/mol. The Bertz CT molecular complexity index is 556. The molecule has 0 radical (unpaired) electrons. The number of benzene rings is 1. The SMILES string of the molecule is CC(=O)Nc1nnc(CCOc2ccc(Cl)cc2)s1. The second-order valence-corrected chi connectivity index (χ2v) is 5.23. The molecule has 0 unspecified atom stereocenters. The molecule has 1 amide bonds. The Balaban J connectivity index is 1.80. The molecule has 0 atom stereocenters. The number of halogens is 1. The zero-order chi connectivity index (χ0) is 13.7. The third kappa shape index (κ3) is 4.50. The first-order valence-electron chi connectivity index (χ1n) is 5.62. The van der Waals surface area contributed by atoms with Crippen molar-refractivity contribution in [2.75, 3.05) is 11.9 Å². The lowest BCUT2D eigenvalue weighted by atomic mass is 10.3. The standard InChI is InChI=1S/C12H12ClN3O2S/c1-8(17)14-12-16-15-11(19-12)6-7-18-10-4-2-9(13)3-5-10/h2-5H,6-7H2,1H3,(H,14,16,17). The minimum Gasteiger partial charge on any atom is -0.493 e. The number of carbonyl (C=O) groups is 1. The maximum absolute atomic E-state index is 10.8. The van der Waals surface area contributed by atoms with Gasteiger partial charge in [0.1, 0.15) is 10.8 Å². The molecule has 5 nitrogen and oxygen atoms in total. The van der Waals surface area contributed by atoms with E-state index in [1.54, 1.807) is 12.1 Å². The Morgan fingerprint density at radius 1 is 1.37 bits per heavy atom. The number of anilines is 1. The summed E-state index contributed by atoms with van der Waals surface area (Å²) >= 11 is 7.12. The normalized spacial score (nSPS) is 10.2. The van der Waals surface area contributed by atoms with Crippen molar-refractivity contribution in [1.29, 1.82) is 0 Å². The summed E-state index contributed by atoms with van der Waals surface area (Å²) in [7, 11) is 0. The molecule has 0 aliphatic rings. The lowest BCUT2D eigenvalue weighted by molar-refractivity contribution is -0.114. The van der Waals surface area contributed by atoms with Gasteiger partial charge >= 0.3 is 0 Å². The van der Waals surface area contributed by atoms with Crippen molar-refractivity contribution < 1.29 is 9.53 Å². The molecule has 1 heterocycles. The third-order valence-electron chi connectivity index (χ3n) is 2.15. The topological polar surface area (TPSA) is 64.1 Å². The van der Waals surface area contributed by atoms with Crippen LogP contribution < -0.4 is 10.1 Å². The van der Waals surface area contributed by atoms with Crippen molar-refractivity contribution in [3.63, 3.8) is 0 Å². The highest BCUT2D eigenvalue weighted by Crippen LogP contribution is 2.18. The first-order valence-corrected chi connectivity index (χ1v) is 6.81. The molecule has 0 aliphatic carbocycles. The fourth-order valence-electron chi connectivity index (χ4n) is 1.34. The van der Waals surface area contributed by atoms with Crippen LogP contribution in [0.1, 0.15) is 11.9 Å². The Morgan fingerprint density at radius 2 is 2.11 bits per heavy atom. The van der Waals surface area contributed by atoms with Gasteiger partial charge in [-0.2, -0.15) is 0 Å². The van der Waals surface area contributed by atoms with E-state index in [2.05, 4.69) is 15.5 Å². The van der Waals surface area contributed by atoms with Crippen LogP contribution in [0.15, 0.2) is 24.3 Å². The maximum atomic E-state index is 10.8. The highest BCUT2D eigenvalue weighted by Gasteiger charge is 2.05. The van der Waals surface area contributed by atoms with Gasteiger partial charge in [-0.25, -0.2) is 0 Å². The minimum absolute atomic E-state index is 0.153. The third-order valence-corrected chi connectivity index (χ3v) is 3.30. The van der Waals surface area contributed by atoms with E-state index in [0.717, 1.165) is 10.8 Å². The Morgan fingerprint density at radius 3 is 2.79 bits per heavy atom. The van der Waals surface area contributed by atoms with Gasteiger partial charge in [-0.15, -0.1) is 10.2 Å². The summed E-state index contributed by atoms with van der Waals surface area (Å²) in [6.45, 7) is 1.93. The van der Waals surface area contributed by atoms with Crippen LogP contribution in [0.4, 0.5) is 5.13 Å². The van der Waals surface area contributed by atoms with Gasteiger partial charge in [0, 0.05) is 18.4 Å². The van der Waals surface area contributed by atoms with Gasteiger partial charge in [-0.1, -0.05) is 22.9 Å². The van der Waals surface area contributed by atoms with E-state index in [1.807, 2.05) is 12.1 Å². The summed E-state index contributed by atoms with van der Waals surface area (Å²) < 4.78 is 5.55. The smallest absolute Gasteiger partial charge is 0.223 e. The zero-order valence-corrected chi connectivity index (χ0v) is 11.8. The van der Waals surface area contributed by atoms with Gasteiger partial charge in [0.15, 0.2) is 0 Å². The van der Waals surface area contributed by atoms with Gasteiger partial charge in [0.2, 0.25) is 11.0 Å². The van der Waals surface area contributed by atoms with Crippen LogP contribution in [0.5, 0.6) is 5.75 Å². The van der Waals surface area contributed by atoms with Gasteiger partial charge < -0.3 is 10.1 Å². The number of ether oxygens (including phenoxy) is 1. The first-order chi connectivity index (χ1) is 9.13. The van der Waals surface area contributed by atoms with E-state index >= 15 is 0 Å². The number of hydrogen-bond donors (Lipinski definition) is 1. The molecule has 0 saturated carbocycles. The number of nitrogens with zero attached hydrogens (tertiary/aromatic N) is 2. The van der Waals surface area contributed by atoms with Gasteiger partial charge in [-0.3, -0.25) is 4.79 Å². The van der Waals surface area contributed by atoms with Gasteiger partial charge in [-0.05, 0) is 24.3 Å². The highest BCUT2D eigenvalue weighted by molar-refractivity contribution is 7.15. The number of nitrogens with one attached hydrogen (secondary N) is 1. The zero-order valence-electron chi connectivity index (χ0n) is 10.2. The first kappa shape index (κ1) is 13.8. The van der Waals surface area contributed by atoms with Crippen molar-refractivity contribution in [2.24, 2.45) is 0 Å². The monoisotopic (exact) mass is 297 g/mol. The lowest BCUT2D eigenvalue weighted by Gasteiger charge is -2.03. The molecule has 0 aliphatic heterocycles. The molecule has 1 aromatic heterocycles. The summed E-state index contributed by atoms with van der Waals surface area (Å²) in [5, 5.41) is 12.4. The molecule has 1 N–H and O–H groups in total. The van der Waals surface area contributed by atoms with Gasteiger partial charge in [0.05, 0.1) is 6.61 Å². The number of hydrogen-bond acceptors (Lipinski definition) is 5. The molecular weight excluding hydrogens is 286 g/mol. The largest absolute Gasteiger partial charge is 0.493 e. The Labute approximate surface area is 119 Å². The fourth-order valence-corrected chi connectivity index (χ4v) is 2.24. The van der Waals surface area contributed by atoms with Crippen molar-refractivity contribution in [3.8, 4) is 5.75 Å². The molecule has 2 aromatic rings. The van der Waals surface area contributed by atoms with Gasteiger partial charge in [0.25, 0.3) is 0 Å². The quantitative estimate of drug-likeness (QED) is 0.921. The summed E-state index contributed by atoms with van der Waals surface area (Å²) in [6.07, 6.45) is 0.639. The summed E-state index contributed by atoms with van der Waals surface area (Å²) in [5.41, 5.74) is 0. The second kappa shape index (κ2) is 6.49. The minimum atomic E-state index is -0.153. The molecule has 19 heavy (non-hydrogen) atoms. The van der Waals surface area contributed by atoms with Crippen LogP contribution in [-0.4, -0.2) is 22.7 Å². The van der Waals surface area contributed by atoms with E-state index in [9.17, 15) is 4.79 Å². The number of carbonyl (C=O) groups excluding carboxylic acids is 1. The van der Waals surface area contributed by atoms with Crippen LogP contribution in [-0.2, 0) is 11.2 Å². The molecule has 0 spiro atoms. The Hall–Kier alpha value is -1.66. The van der Waals surface area contributed by atoms with E-state index < -0.39 is 0 Å². The Kier molecular flexibility index (Phi) is 4.70. The maximum Gasteiger partial charge on any atom is 0.223 e. The number of amides is 1. The molecule has 0 fully saturated rings. The van der Waals surface area contributed by atoms with Crippen LogP contribution in [0.2, 0.25) is 5.02 Å². The highest BCUT2D eigenvalue weighted by atomic mass is 35.5. The molecule has 0 bridgehead atoms. The average molecular weight is 298 g/mol. The second-order valence-electron chi connectivity index (χ2n) is 3.73. The van der Waals surface area contributed by atoms with Crippen LogP contribution in [0.3, 0.4) is 0 Å². The average Bonchev–Trinajstić information content (AvgIpc) is 2.78. The molecule has 0 saturated heterocycles. The van der Waals surface area contributed by atoms with Crippen molar-refractivity contribution in [3.05, 3.63) is 34.3 Å². The summed E-state index contributed by atoms with van der Waals surface area (Å²) in [4.78, 5) is 10.8. The number of aromatic nitrogens is 2. The molecule has 100 valence electrons. The van der Waals surface area contributed by atoms with Crippen molar-refractivity contribution >= 4 is 34.0 Å². The van der Waals surface area contributed by atoms with E-state index in [-0.39, 0.29) is 5.91 Å². The summed E-state index contributed by atoms with van der Waals surface area (Å²) in [6, 6.07) is 7.17. The van der Waals surface area contributed by atoms with Crippen LogP contribution >= 0.6 is 22.9 Å². The van der Waals surface area contributed by atoms with Crippen molar-refractivity contribution in [1.82, 2.24) is 10.2 Å². The van der Waals surface area contributed by atoms with Crippen LogP contribution in [0, 0.1) is 0 Å². The fraction of sp³-hybridized carbons (Fsp3) is 0.250. The molecular formula is C12H12ClN3O2S. The van der Waals surface area contributed by atoms with Crippen LogP contribution in [0.25, 0.3) is 0 Å². The van der Waals surface area contributed by atoms with E-state index in [4.69, 9.17) is 16.3 Å². The summed E-state index contributed by atoms with van der Waals surface area (Å²) in [5.74, 6) is 0.608. The van der Waals surface area contributed by atoms with E-state index in [0.29, 0.717) is 23.2 Å².